The molecule has 0 amide bonds. The van der Waals surface area contributed by atoms with Crippen LogP contribution in [0, 0.1) is 0 Å². The molecule has 0 aliphatic heterocycles. The van der Waals surface area contributed by atoms with Crippen LogP contribution in [0.4, 0.5) is 14.5 Å². The van der Waals surface area contributed by atoms with E-state index in [2.05, 4.69) is 19.9 Å². The zero-order valence-corrected chi connectivity index (χ0v) is 15.7. The van der Waals surface area contributed by atoms with Gasteiger partial charge in [0.2, 0.25) is 0 Å². The molecule has 2 N–H and O–H groups in total. The number of aliphatic imine (C=N–C) groups is 1. The number of aromatic nitrogens is 2. The second kappa shape index (κ2) is 10.6. The molecule has 1 heterocycles. The van der Waals surface area contributed by atoms with Gasteiger partial charge < -0.3 is 0 Å². The highest BCUT2D eigenvalue weighted by molar-refractivity contribution is 7.99. The normalized spacial score (nSPS) is 11.7. The molecule has 1 aromatic heterocycles. The molecule has 0 spiro atoms. The van der Waals surface area contributed by atoms with E-state index >= 15 is 0 Å². The molecular formula is C17H18F2N4O4S. The van der Waals surface area contributed by atoms with E-state index in [1.165, 1.54) is 43.0 Å². The van der Waals surface area contributed by atoms with Crippen molar-refractivity contribution in [3.05, 3.63) is 35.5 Å². The zero-order chi connectivity index (χ0) is 20.5. The molecule has 0 saturated heterocycles. The number of amidine groups is 1. The summed E-state index contributed by atoms with van der Waals surface area (Å²) in [7, 11) is 0. The number of alkyl halides is 2. The number of hydrogen-bond acceptors (Lipinski definition) is 8. The van der Waals surface area contributed by atoms with E-state index in [0.29, 0.717) is 17.2 Å². The van der Waals surface area contributed by atoms with Gasteiger partial charge in [-0.15, -0.1) is 11.8 Å². The third-order valence-electron chi connectivity index (χ3n) is 3.44. The first-order valence-electron chi connectivity index (χ1n) is 8.24. The van der Waals surface area contributed by atoms with Gasteiger partial charge in [-0.3, -0.25) is 20.3 Å². The van der Waals surface area contributed by atoms with Crippen LogP contribution in [0.25, 0.3) is 0 Å². The smallest absolute Gasteiger partial charge is 0.263 e. The minimum absolute atomic E-state index is 0.0790. The molecule has 2 rings (SSSR count). The molecule has 0 aliphatic rings. The van der Waals surface area contributed by atoms with Gasteiger partial charge in [-0.2, -0.15) is 0 Å². The predicted octanol–water partition coefficient (Wildman–Crippen LogP) is 3.48. The Morgan fingerprint density at radius 3 is 2.82 bits per heavy atom. The molecule has 0 unspecified atom stereocenters. The van der Waals surface area contributed by atoms with Gasteiger partial charge in [-0.1, -0.05) is 12.1 Å². The standard InChI is InChI=1S/C17H18F2N4O4S/c1-10(24)8-13(25)6-3-7-28-17-14(22-27-23-17)16(21-26)20-12-5-2-4-11(9-12)15(18)19/h2,4-5,9,15,26H,3,6-8H2,1H3,(H,20,21). The van der Waals surface area contributed by atoms with Crippen LogP contribution >= 0.6 is 11.8 Å². The topological polar surface area (TPSA) is 118 Å². The zero-order valence-electron chi connectivity index (χ0n) is 14.9. The number of carbonyl (C=O) groups excluding carboxylic acids is 2. The number of rotatable bonds is 10. The van der Waals surface area contributed by atoms with Gasteiger partial charge in [0, 0.05) is 17.7 Å². The second-order valence-corrected chi connectivity index (χ2v) is 6.84. The first kappa shape index (κ1) is 21.6. The summed E-state index contributed by atoms with van der Waals surface area (Å²) in [6, 6.07) is 5.36. The van der Waals surface area contributed by atoms with E-state index < -0.39 is 6.43 Å². The summed E-state index contributed by atoms with van der Waals surface area (Å²) in [6.07, 6.45) is -1.96. The second-order valence-electron chi connectivity index (χ2n) is 5.76. The number of Topliss-reactive ketones (excluding diaryl/α,β-unsaturated/α-hetero) is 2. The Bertz CT molecular complexity index is 857. The van der Waals surface area contributed by atoms with Crippen molar-refractivity contribution in [2.24, 2.45) is 4.99 Å². The quantitative estimate of drug-likeness (QED) is 0.152. The fourth-order valence-corrected chi connectivity index (χ4v) is 3.05. The Balaban J connectivity index is 2.04. The third-order valence-corrected chi connectivity index (χ3v) is 4.47. The molecule has 0 bridgehead atoms. The van der Waals surface area contributed by atoms with E-state index in [0.717, 1.165) is 0 Å². The maximum Gasteiger partial charge on any atom is 0.263 e. The fraction of sp³-hybridized carbons (Fsp3) is 0.353. The molecule has 11 heteroatoms. The van der Waals surface area contributed by atoms with Crippen LogP contribution in [-0.4, -0.2) is 38.7 Å². The van der Waals surface area contributed by atoms with Crippen LogP contribution < -0.4 is 5.48 Å². The molecule has 0 atom stereocenters. The highest BCUT2D eigenvalue weighted by atomic mass is 32.2. The number of benzene rings is 1. The lowest BCUT2D eigenvalue weighted by molar-refractivity contribution is -0.125. The van der Waals surface area contributed by atoms with Crippen LogP contribution in [0.3, 0.4) is 0 Å². The monoisotopic (exact) mass is 412 g/mol. The highest BCUT2D eigenvalue weighted by Gasteiger charge is 2.17. The van der Waals surface area contributed by atoms with Crippen LogP contribution in [0.2, 0.25) is 0 Å². The molecule has 1 aromatic carbocycles. The number of ketones is 2. The van der Waals surface area contributed by atoms with Crippen molar-refractivity contribution in [3.63, 3.8) is 0 Å². The number of nitrogens with zero attached hydrogens (tertiary/aromatic N) is 3. The number of carbonyl (C=O) groups is 2. The molecule has 0 aliphatic carbocycles. The molecule has 150 valence electrons. The summed E-state index contributed by atoms with van der Waals surface area (Å²) in [5, 5.41) is 17.1. The number of thioether (sulfide) groups is 1. The number of hydroxylamine groups is 1. The van der Waals surface area contributed by atoms with Crippen LogP contribution in [0.5, 0.6) is 0 Å². The minimum Gasteiger partial charge on any atom is -0.300 e. The van der Waals surface area contributed by atoms with Crippen molar-refractivity contribution in [2.45, 2.75) is 37.6 Å². The van der Waals surface area contributed by atoms with E-state index in [1.54, 1.807) is 0 Å². The molecular weight excluding hydrogens is 394 g/mol. The van der Waals surface area contributed by atoms with Crippen molar-refractivity contribution >= 4 is 34.9 Å². The van der Waals surface area contributed by atoms with Gasteiger partial charge in [0.05, 0.1) is 12.1 Å². The van der Waals surface area contributed by atoms with Crippen LogP contribution in [0.15, 0.2) is 38.9 Å². The van der Waals surface area contributed by atoms with E-state index in [9.17, 15) is 23.6 Å². The lowest BCUT2D eigenvalue weighted by Gasteiger charge is -2.04. The van der Waals surface area contributed by atoms with Gasteiger partial charge in [-0.05, 0) is 35.8 Å². The SMILES string of the molecule is CC(=O)CC(=O)CCCSc1nonc1C(=Nc1cccc(C(F)F)c1)NO. The van der Waals surface area contributed by atoms with E-state index in [4.69, 9.17) is 0 Å². The minimum atomic E-state index is -2.65. The van der Waals surface area contributed by atoms with Crippen LogP contribution in [-0.2, 0) is 9.59 Å². The Labute approximate surface area is 163 Å². The molecule has 0 saturated carbocycles. The number of nitrogens with one attached hydrogen (secondary N) is 1. The molecule has 8 nitrogen and oxygen atoms in total. The van der Waals surface area contributed by atoms with Gasteiger partial charge in [0.1, 0.15) is 11.6 Å². The van der Waals surface area contributed by atoms with Crippen molar-refractivity contribution in [3.8, 4) is 0 Å². The third kappa shape index (κ3) is 6.50. The maximum absolute atomic E-state index is 12.8. The van der Waals surface area contributed by atoms with E-state index in [-0.39, 0.29) is 47.2 Å². The largest absolute Gasteiger partial charge is 0.300 e. The van der Waals surface area contributed by atoms with Crippen molar-refractivity contribution in [1.82, 2.24) is 15.8 Å². The average Bonchev–Trinajstić information content (AvgIpc) is 3.11. The fourth-order valence-electron chi connectivity index (χ4n) is 2.21. The summed E-state index contributed by atoms with van der Waals surface area (Å²) in [5.41, 5.74) is 1.95. The summed E-state index contributed by atoms with van der Waals surface area (Å²) in [6.45, 7) is 1.36. The van der Waals surface area contributed by atoms with Crippen molar-refractivity contribution in [2.75, 3.05) is 5.75 Å². The Morgan fingerprint density at radius 2 is 2.14 bits per heavy atom. The molecule has 2 aromatic rings. The first-order valence-corrected chi connectivity index (χ1v) is 9.23. The molecule has 0 radical (unpaired) electrons. The lowest BCUT2D eigenvalue weighted by Crippen LogP contribution is -2.21. The predicted molar refractivity (Wildman–Crippen MR) is 97.1 cm³/mol. The van der Waals surface area contributed by atoms with Crippen LogP contribution in [0.1, 0.15) is 43.9 Å². The van der Waals surface area contributed by atoms with E-state index in [1.807, 2.05) is 5.48 Å². The average molecular weight is 412 g/mol. The number of hydrogen-bond donors (Lipinski definition) is 2. The molecule has 28 heavy (non-hydrogen) atoms. The van der Waals surface area contributed by atoms with Gasteiger partial charge in [0.25, 0.3) is 6.43 Å². The Hall–Kier alpha value is -2.66. The van der Waals surface area contributed by atoms with Gasteiger partial charge in [-0.25, -0.2) is 18.4 Å². The van der Waals surface area contributed by atoms with Gasteiger partial charge in [0.15, 0.2) is 16.6 Å². The summed E-state index contributed by atoms with van der Waals surface area (Å²) in [4.78, 5) is 26.5. The summed E-state index contributed by atoms with van der Waals surface area (Å²) < 4.78 is 30.3. The first-order chi connectivity index (χ1) is 13.4. The van der Waals surface area contributed by atoms with Crippen molar-refractivity contribution in [1.29, 1.82) is 0 Å². The molecule has 0 fully saturated rings. The Morgan fingerprint density at radius 1 is 1.36 bits per heavy atom. The maximum atomic E-state index is 12.8. The van der Waals surface area contributed by atoms with Gasteiger partial charge >= 0.3 is 0 Å². The van der Waals surface area contributed by atoms with Crippen molar-refractivity contribution < 1.29 is 28.2 Å². The number of halogens is 2. The highest BCUT2D eigenvalue weighted by Crippen LogP contribution is 2.25. The summed E-state index contributed by atoms with van der Waals surface area (Å²) in [5.74, 6) is 0.0591. The summed E-state index contributed by atoms with van der Waals surface area (Å²) >= 11 is 1.22. The lowest BCUT2D eigenvalue weighted by atomic mass is 10.1. The Kier molecular flexibility index (Phi) is 8.20.